The summed E-state index contributed by atoms with van der Waals surface area (Å²) in [5, 5.41) is 11.7. The molecule has 2 aliphatic heterocycles. The molecule has 0 aliphatic carbocycles. The first kappa shape index (κ1) is 20.6. The summed E-state index contributed by atoms with van der Waals surface area (Å²) < 4.78 is 23.7. The van der Waals surface area contributed by atoms with Crippen LogP contribution in [0.2, 0.25) is 0 Å². The van der Waals surface area contributed by atoms with Crippen LogP contribution in [0.1, 0.15) is 49.4 Å². The summed E-state index contributed by atoms with van der Waals surface area (Å²) in [6.07, 6.45) is 4.23. The van der Waals surface area contributed by atoms with Crippen molar-refractivity contribution in [2.45, 2.75) is 45.1 Å². The molecule has 154 valence electrons. The standard InChI is InChI=1S/C19H27N3O5S/c1-2-9-21(16-8-12-28(26,27)14-16)19(23)15-6-7-17(18(13-15)22(24)25)20-10-4-3-5-11-20/h6-7,13,16H,2-5,8-12,14H2,1H3/t16-/m0/s1. The lowest BCUT2D eigenvalue weighted by Gasteiger charge is -2.30. The number of carbonyl (C=O) groups excluding carboxylic acids is 1. The molecule has 2 heterocycles. The molecule has 1 aromatic rings. The first-order valence-electron chi connectivity index (χ1n) is 9.87. The Morgan fingerprint density at radius 1 is 1.29 bits per heavy atom. The third kappa shape index (κ3) is 4.45. The Morgan fingerprint density at radius 3 is 2.57 bits per heavy atom. The van der Waals surface area contributed by atoms with Gasteiger partial charge >= 0.3 is 0 Å². The topological polar surface area (TPSA) is 101 Å². The summed E-state index contributed by atoms with van der Waals surface area (Å²) in [6, 6.07) is 4.27. The van der Waals surface area contributed by atoms with E-state index in [9.17, 15) is 23.3 Å². The van der Waals surface area contributed by atoms with Crippen molar-refractivity contribution in [3.05, 3.63) is 33.9 Å². The van der Waals surface area contributed by atoms with E-state index in [-0.39, 0.29) is 34.7 Å². The molecule has 2 saturated heterocycles. The minimum absolute atomic E-state index is 0.0350. The van der Waals surface area contributed by atoms with Gasteiger partial charge in [-0.25, -0.2) is 8.42 Å². The fourth-order valence-corrected chi connectivity index (χ4v) is 5.81. The van der Waals surface area contributed by atoms with Crippen LogP contribution in [0.4, 0.5) is 11.4 Å². The molecule has 3 rings (SSSR count). The maximum atomic E-state index is 13.1. The van der Waals surface area contributed by atoms with E-state index < -0.39 is 14.8 Å². The second kappa shape index (κ2) is 8.46. The van der Waals surface area contributed by atoms with Gasteiger partial charge in [0.1, 0.15) is 5.69 Å². The van der Waals surface area contributed by atoms with Gasteiger partial charge in [0.15, 0.2) is 9.84 Å². The maximum absolute atomic E-state index is 13.1. The van der Waals surface area contributed by atoms with E-state index in [1.165, 1.54) is 6.07 Å². The van der Waals surface area contributed by atoms with Crippen LogP contribution in [-0.4, -0.2) is 61.3 Å². The Morgan fingerprint density at radius 2 is 2.00 bits per heavy atom. The van der Waals surface area contributed by atoms with E-state index in [2.05, 4.69) is 0 Å². The Bertz CT molecular complexity index is 849. The number of nitro benzene ring substituents is 1. The Kier molecular flexibility index (Phi) is 6.22. The molecular weight excluding hydrogens is 382 g/mol. The highest BCUT2D eigenvalue weighted by molar-refractivity contribution is 7.91. The van der Waals surface area contributed by atoms with Crippen molar-refractivity contribution >= 4 is 27.1 Å². The number of amides is 1. The van der Waals surface area contributed by atoms with E-state index in [4.69, 9.17) is 0 Å². The van der Waals surface area contributed by atoms with Crippen molar-refractivity contribution < 1.29 is 18.1 Å². The highest BCUT2D eigenvalue weighted by Gasteiger charge is 2.35. The van der Waals surface area contributed by atoms with E-state index in [0.717, 1.165) is 32.4 Å². The average Bonchev–Trinajstić information content (AvgIpc) is 3.05. The first-order chi connectivity index (χ1) is 13.3. The summed E-state index contributed by atoms with van der Waals surface area (Å²) in [5.74, 6) is -0.288. The zero-order valence-corrected chi connectivity index (χ0v) is 17.0. The molecule has 2 fully saturated rings. The average molecular weight is 410 g/mol. The summed E-state index contributed by atoms with van der Waals surface area (Å²) in [7, 11) is -3.13. The van der Waals surface area contributed by atoms with Crippen LogP contribution >= 0.6 is 0 Å². The van der Waals surface area contributed by atoms with E-state index in [0.29, 0.717) is 25.1 Å². The molecule has 0 unspecified atom stereocenters. The van der Waals surface area contributed by atoms with Crippen molar-refractivity contribution in [1.29, 1.82) is 0 Å². The summed E-state index contributed by atoms with van der Waals surface area (Å²) in [4.78, 5) is 27.9. The second-order valence-electron chi connectivity index (χ2n) is 7.56. The molecule has 2 aliphatic rings. The third-order valence-corrected chi connectivity index (χ3v) is 7.24. The van der Waals surface area contributed by atoms with Crippen LogP contribution in [0, 0.1) is 10.1 Å². The smallest absolute Gasteiger partial charge is 0.293 e. The first-order valence-corrected chi connectivity index (χ1v) is 11.7. The number of nitro groups is 1. The van der Waals surface area contributed by atoms with E-state index in [1.807, 2.05) is 11.8 Å². The highest BCUT2D eigenvalue weighted by Crippen LogP contribution is 2.32. The van der Waals surface area contributed by atoms with E-state index in [1.54, 1.807) is 17.0 Å². The van der Waals surface area contributed by atoms with Gasteiger partial charge in [-0.3, -0.25) is 14.9 Å². The second-order valence-corrected chi connectivity index (χ2v) is 9.79. The highest BCUT2D eigenvalue weighted by atomic mass is 32.2. The van der Waals surface area contributed by atoms with E-state index >= 15 is 0 Å². The summed E-state index contributed by atoms with van der Waals surface area (Å²) >= 11 is 0. The normalized spacial score (nSPS) is 21.5. The van der Waals surface area contributed by atoms with Gasteiger partial charge in [-0.2, -0.15) is 0 Å². The molecular formula is C19H27N3O5S. The minimum atomic E-state index is -3.13. The molecule has 0 bridgehead atoms. The third-order valence-electron chi connectivity index (χ3n) is 5.49. The lowest BCUT2D eigenvalue weighted by molar-refractivity contribution is -0.384. The van der Waals surface area contributed by atoms with Crippen LogP contribution < -0.4 is 4.90 Å². The molecule has 8 nitrogen and oxygen atoms in total. The number of hydrogen-bond acceptors (Lipinski definition) is 6. The lowest BCUT2D eigenvalue weighted by atomic mass is 10.1. The molecule has 0 N–H and O–H groups in total. The molecule has 0 saturated carbocycles. The number of nitrogens with zero attached hydrogens (tertiary/aromatic N) is 3. The van der Waals surface area contributed by atoms with Gasteiger partial charge in [-0.1, -0.05) is 6.92 Å². The quantitative estimate of drug-likeness (QED) is 0.529. The van der Waals surface area contributed by atoms with Crippen LogP contribution in [0.3, 0.4) is 0 Å². The summed E-state index contributed by atoms with van der Waals surface area (Å²) in [6.45, 7) is 3.90. The van der Waals surface area contributed by atoms with Gasteiger partial charge in [0, 0.05) is 37.3 Å². The SMILES string of the molecule is CCCN(C(=O)c1ccc(N2CCCCC2)c([N+](=O)[O-])c1)[C@H]1CCS(=O)(=O)C1. The predicted octanol–water partition coefficient (Wildman–Crippen LogP) is 2.62. The van der Waals surface area contributed by atoms with Gasteiger partial charge in [-0.05, 0) is 44.2 Å². The predicted molar refractivity (Wildman–Crippen MR) is 108 cm³/mol. The largest absolute Gasteiger partial charge is 0.366 e. The fraction of sp³-hybridized carbons (Fsp3) is 0.632. The molecule has 0 radical (unpaired) electrons. The fourth-order valence-electron chi connectivity index (χ4n) is 4.08. The zero-order chi connectivity index (χ0) is 20.3. The molecule has 9 heteroatoms. The van der Waals surface area contributed by atoms with Crippen LogP contribution in [-0.2, 0) is 9.84 Å². The molecule has 1 amide bonds. The number of rotatable bonds is 6. The summed E-state index contributed by atoms with van der Waals surface area (Å²) in [5.41, 5.74) is 0.722. The van der Waals surface area contributed by atoms with Crippen LogP contribution in [0.25, 0.3) is 0 Å². The molecule has 28 heavy (non-hydrogen) atoms. The van der Waals surface area contributed by atoms with Crippen molar-refractivity contribution in [3.63, 3.8) is 0 Å². The van der Waals surface area contributed by atoms with Crippen molar-refractivity contribution in [2.24, 2.45) is 0 Å². The van der Waals surface area contributed by atoms with Crippen molar-refractivity contribution in [2.75, 3.05) is 36.0 Å². The van der Waals surface area contributed by atoms with Crippen molar-refractivity contribution in [3.8, 4) is 0 Å². The van der Waals surface area contributed by atoms with Gasteiger partial charge < -0.3 is 9.80 Å². The van der Waals surface area contributed by atoms with Crippen molar-refractivity contribution in [1.82, 2.24) is 4.90 Å². The number of hydrogen-bond donors (Lipinski definition) is 0. The van der Waals surface area contributed by atoms with Gasteiger partial charge in [-0.15, -0.1) is 0 Å². The monoisotopic (exact) mass is 409 g/mol. The number of anilines is 1. The van der Waals surface area contributed by atoms with Gasteiger partial charge in [0.25, 0.3) is 11.6 Å². The number of benzene rings is 1. The van der Waals surface area contributed by atoms with Gasteiger partial charge in [0.2, 0.25) is 0 Å². The lowest BCUT2D eigenvalue weighted by Crippen LogP contribution is -2.41. The number of piperidine rings is 1. The zero-order valence-electron chi connectivity index (χ0n) is 16.2. The molecule has 1 aromatic carbocycles. The molecule has 0 spiro atoms. The number of carbonyl (C=O) groups is 1. The Hall–Kier alpha value is -2.16. The minimum Gasteiger partial charge on any atom is -0.366 e. The van der Waals surface area contributed by atoms with Crippen LogP contribution in [0.5, 0.6) is 0 Å². The Balaban J connectivity index is 1.89. The maximum Gasteiger partial charge on any atom is 0.293 e. The molecule has 1 atom stereocenters. The van der Waals surface area contributed by atoms with Gasteiger partial charge in [0.05, 0.1) is 16.4 Å². The van der Waals surface area contributed by atoms with Crippen LogP contribution in [0.15, 0.2) is 18.2 Å². The molecule has 0 aromatic heterocycles. The Labute approximate surface area is 165 Å². The number of sulfone groups is 1.